The van der Waals surface area contributed by atoms with E-state index in [0.29, 0.717) is 5.82 Å². The molecule has 0 atom stereocenters. The van der Waals surface area contributed by atoms with Crippen LogP contribution in [-0.2, 0) is 19.3 Å². The predicted molar refractivity (Wildman–Crippen MR) is 109 cm³/mol. The zero-order valence-electron chi connectivity index (χ0n) is 16.6. The quantitative estimate of drug-likeness (QED) is 0.685. The summed E-state index contributed by atoms with van der Waals surface area (Å²) in [5.74, 6) is 0.579. The number of aromatic amines is 1. The number of hydrogen-bond acceptors (Lipinski definition) is 3. The Morgan fingerprint density at radius 3 is 2.35 bits per heavy atom. The topological polar surface area (TPSA) is 67.6 Å². The molecule has 138 valence electrons. The molecule has 0 radical (unpaired) electrons. The van der Waals surface area contributed by atoms with Crippen LogP contribution >= 0.6 is 0 Å². The van der Waals surface area contributed by atoms with Gasteiger partial charge in [0.25, 0.3) is 0 Å². The lowest BCUT2D eigenvalue weighted by molar-refractivity contribution is 0.354. The van der Waals surface area contributed by atoms with Crippen molar-refractivity contribution in [2.45, 2.75) is 53.9 Å². The number of nitrogens with zero attached hydrogens (tertiary/aromatic N) is 2. The number of pyridine rings is 1. The normalized spacial score (nSPS) is 12.7. The molecule has 2 heterocycles. The van der Waals surface area contributed by atoms with Crippen molar-refractivity contribution in [1.82, 2.24) is 15.2 Å². The lowest BCUT2D eigenvalue weighted by atomic mass is 9.82. The van der Waals surface area contributed by atoms with E-state index in [1.165, 1.54) is 16.5 Å². The molecule has 0 fully saturated rings. The molecule has 1 aromatic carbocycles. The Kier molecular flexibility index (Phi) is 4.78. The minimum Gasteiger partial charge on any atom is -0.384 e. The van der Waals surface area contributed by atoms with Crippen LogP contribution in [0.15, 0.2) is 36.4 Å². The molecular formula is C22H30N4. The Labute approximate surface area is 156 Å². The zero-order valence-corrected chi connectivity index (χ0v) is 16.6. The number of para-hydroxylation sites is 1. The highest BCUT2D eigenvalue weighted by atomic mass is 15.1. The molecule has 2 aromatic heterocycles. The molecule has 3 rings (SSSR count). The van der Waals surface area contributed by atoms with Crippen molar-refractivity contribution in [2.75, 3.05) is 5.73 Å². The van der Waals surface area contributed by atoms with Crippen LogP contribution in [0.25, 0.3) is 10.9 Å². The Morgan fingerprint density at radius 2 is 1.65 bits per heavy atom. The van der Waals surface area contributed by atoms with E-state index in [0.717, 1.165) is 30.7 Å². The van der Waals surface area contributed by atoms with E-state index < -0.39 is 0 Å². The van der Waals surface area contributed by atoms with Crippen LogP contribution in [0.1, 0.15) is 51.6 Å². The number of rotatable bonds is 5. The number of nitrogen functional groups attached to an aromatic ring is 1. The van der Waals surface area contributed by atoms with E-state index in [-0.39, 0.29) is 10.8 Å². The maximum Gasteiger partial charge on any atom is 0.123 e. The molecular weight excluding hydrogens is 320 g/mol. The van der Waals surface area contributed by atoms with Crippen LogP contribution in [-0.4, -0.2) is 15.2 Å². The Balaban J connectivity index is 1.85. The zero-order chi connectivity index (χ0) is 18.9. The fourth-order valence-corrected chi connectivity index (χ4v) is 3.61. The summed E-state index contributed by atoms with van der Waals surface area (Å²) in [6, 6.07) is 12.4. The minimum absolute atomic E-state index is 0.0446. The van der Waals surface area contributed by atoms with Crippen LogP contribution in [0.5, 0.6) is 0 Å². The van der Waals surface area contributed by atoms with Crippen molar-refractivity contribution in [3.63, 3.8) is 0 Å². The molecule has 0 spiro atoms. The molecule has 0 aliphatic carbocycles. The molecule has 26 heavy (non-hydrogen) atoms. The van der Waals surface area contributed by atoms with Crippen LogP contribution in [0.2, 0.25) is 0 Å². The molecule has 4 nitrogen and oxygen atoms in total. The standard InChI is InChI=1S/C22H30N4/c1-21(2,3)12-15-8-6-10-17-18(25-26-20(15)17)14-22(4,5)13-16-9-7-11-19(23)24-16/h6-11H,12-14H2,1-5H3,(H2,23,24)(H,25,26). The van der Waals surface area contributed by atoms with Gasteiger partial charge in [0.2, 0.25) is 0 Å². The van der Waals surface area contributed by atoms with Crippen molar-refractivity contribution in [1.29, 1.82) is 0 Å². The van der Waals surface area contributed by atoms with E-state index in [1.807, 2.05) is 18.2 Å². The van der Waals surface area contributed by atoms with Gasteiger partial charge in [-0.05, 0) is 47.8 Å². The summed E-state index contributed by atoms with van der Waals surface area (Å²) >= 11 is 0. The highest BCUT2D eigenvalue weighted by Gasteiger charge is 2.23. The largest absolute Gasteiger partial charge is 0.384 e. The molecule has 0 unspecified atom stereocenters. The third kappa shape index (κ3) is 4.43. The van der Waals surface area contributed by atoms with E-state index in [4.69, 9.17) is 5.73 Å². The van der Waals surface area contributed by atoms with Crippen LogP contribution in [0.3, 0.4) is 0 Å². The molecule has 0 amide bonds. The average Bonchev–Trinajstić information content (AvgIpc) is 2.89. The van der Waals surface area contributed by atoms with Crippen LogP contribution in [0, 0.1) is 10.8 Å². The first-order valence-electron chi connectivity index (χ1n) is 9.29. The monoisotopic (exact) mass is 350 g/mol. The van der Waals surface area contributed by atoms with Gasteiger partial charge in [0, 0.05) is 11.1 Å². The molecule has 0 bridgehead atoms. The SMILES string of the molecule is CC(C)(C)Cc1cccc2c(CC(C)(C)Cc3cccc(N)n3)n[nH]c12. The summed E-state index contributed by atoms with van der Waals surface area (Å²) in [6.45, 7) is 11.3. The fraction of sp³-hybridized carbons (Fsp3) is 0.455. The van der Waals surface area contributed by atoms with Gasteiger partial charge in [-0.1, -0.05) is 58.9 Å². The summed E-state index contributed by atoms with van der Waals surface area (Å²) in [4.78, 5) is 4.45. The second-order valence-corrected chi connectivity index (χ2v) is 9.32. The fourth-order valence-electron chi connectivity index (χ4n) is 3.61. The molecule has 0 saturated heterocycles. The van der Waals surface area contributed by atoms with Gasteiger partial charge in [0.15, 0.2) is 0 Å². The summed E-state index contributed by atoms with van der Waals surface area (Å²) in [6.07, 6.45) is 2.79. The molecule has 0 aliphatic rings. The van der Waals surface area contributed by atoms with Crippen molar-refractivity contribution < 1.29 is 0 Å². The number of hydrogen-bond donors (Lipinski definition) is 2. The highest BCUT2D eigenvalue weighted by molar-refractivity contribution is 5.84. The number of H-pyrrole nitrogens is 1. The van der Waals surface area contributed by atoms with Gasteiger partial charge in [-0.15, -0.1) is 0 Å². The molecule has 4 heteroatoms. The predicted octanol–water partition coefficient (Wildman–Crippen LogP) is 4.94. The van der Waals surface area contributed by atoms with Crippen molar-refractivity contribution in [2.24, 2.45) is 10.8 Å². The van der Waals surface area contributed by atoms with E-state index in [2.05, 4.69) is 68.0 Å². The summed E-state index contributed by atoms with van der Waals surface area (Å²) in [7, 11) is 0. The number of aromatic nitrogens is 3. The summed E-state index contributed by atoms with van der Waals surface area (Å²) in [5.41, 5.74) is 10.8. The van der Waals surface area contributed by atoms with Gasteiger partial charge in [-0.25, -0.2) is 4.98 Å². The number of nitrogens with two attached hydrogens (primary N) is 1. The molecule has 0 saturated carbocycles. The lowest BCUT2D eigenvalue weighted by Crippen LogP contribution is -2.19. The number of fused-ring (bicyclic) bond motifs is 1. The molecule has 0 aliphatic heterocycles. The third-order valence-electron chi connectivity index (χ3n) is 4.62. The summed E-state index contributed by atoms with van der Waals surface area (Å²) in [5, 5.41) is 9.19. The van der Waals surface area contributed by atoms with Crippen LogP contribution < -0.4 is 5.73 Å². The molecule has 3 aromatic rings. The van der Waals surface area contributed by atoms with Gasteiger partial charge in [-0.3, -0.25) is 5.10 Å². The first kappa shape index (κ1) is 18.4. The van der Waals surface area contributed by atoms with Gasteiger partial charge < -0.3 is 5.73 Å². The van der Waals surface area contributed by atoms with E-state index in [9.17, 15) is 0 Å². The average molecular weight is 351 g/mol. The Hall–Kier alpha value is -2.36. The van der Waals surface area contributed by atoms with Gasteiger partial charge in [0.05, 0.1) is 11.2 Å². The van der Waals surface area contributed by atoms with Crippen LogP contribution in [0.4, 0.5) is 5.82 Å². The first-order valence-corrected chi connectivity index (χ1v) is 9.29. The summed E-state index contributed by atoms with van der Waals surface area (Å²) < 4.78 is 0. The Morgan fingerprint density at radius 1 is 0.923 bits per heavy atom. The highest BCUT2D eigenvalue weighted by Crippen LogP contribution is 2.31. The lowest BCUT2D eigenvalue weighted by Gasteiger charge is -2.23. The molecule has 3 N–H and O–H groups in total. The maximum absolute atomic E-state index is 5.83. The smallest absolute Gasteiger partial charge is 0.123 e. The van der Waals surface area contributed by atoms with Crippen molar-refractivity contribution in [3.05, 3.63) is 53.3 Å². The number of nitrogens with one attached hydrogen (secondary N) is 1. The van der Waals surface area contributed by atoms with Gasteiger partial charge >= 0.3 is 0 Å². The number of benzene rings is 1. The Bertz CT molecular complexity index is 900. The second kappa shape index (κ2) is 6.75. The van der Waals surface area contributed by atoms with E-state index >= 15 is 0 Å². The minimum atomic E-state index is 0.0446. The van der Waals surface area contributed by atoms with Crippen molar-refractivity contribution >= 4 is 16.7 Å². The number of anilines is 1. The maximum atomic E-state index is 5.83. The van der Waals surface area contributed by atoms with Crippen molar-refractivity contribution in [3.8, 4) is 0 Å². The first-order chi connectivity index (χ1) is 12.1. The van der Waals surface area contributed by atoms with E-state index in [1.54, 1.807) is 0 Å². The van der Waals surface area contributed by atoms with Gasteiger partial charge in [0.1, 0.15) is 5.82 Å². The third-order valence-corrected chi connectivity index (χ3v) is 4.62. The second-order valence-electron chi connectivity index (χ2n) is 9.32. The van der Waals surface area contributed by atoms with Gasteiger partial charge in [-0.2, -0.15) is 5.10 Å².